The van der Waals surface area contributed by atoms with E-state index < -0.39 is 28.9 Å². The van der Waals surface area contributed by atoms with Crippen molar-refractivity contribution in [3.63, 3.8) is 0 Å². The Hall–Kier alpha value is -4.04. The Morgan fingerprint density at radius 3 is 2.08 bits per heavy atom. The fourth-order valence-electron chi connectivity index (χ4n) is 5.65. The third-order valence-electron chi connectivity index (χ3n) is 7.94. The van der Waals surface area contributed by atoms with Gasteiger partial charge >= 0.3 is 5.69 Å². The highest BCUT2D eigenvalue weighted by atomic mass is 19.1. The summed E-state index contributed by atoms with van der Waals surface area (Å²) in [7, 11) is 0. The first-order valence-corrected chi connectivity index (χ1v) is 13.7. The van der Waals surface area contributed by atoms with Gasteiger partial charge in [0.25, 0.3) is 5.56 Å². The normalized spacial score (nSPS) is 14.8. The fraction of sp³-hybridized carbons (Fsp3) is 0.312. The zero-order chi connectivity index (χ0) is 28.2. The molecule has 208 valence electrons. The summed E-state index contributed by atoms with van der Waals surface area (Å²) in [6.45, 7) is 2.57. The molecule has 0 radical (unpaired) electrons. The van der Waals surface area contributed by atoms with Gasteiger partial charge in [0.2, 0.25) is 0 Å². The minimum absolute atomic E-state index is 0.0564. The fourth-order valence-corrected chi connectivity index (χ4v) is 5.65. The molecule has 6 nitrogen and oxygen atoms in total. The van der Waals surface area contributed by atoms with Gasteiger partial charge in [0.05, 0.1) is 13.1 Å². The lowest BCUT2D eigenvalue weighted by molar-refractivity contribution is 0.400. The van der Waals surface area contributed by atoms with E-state index in [0.717, 1.165) is 29.4 Å². The molecule has 0 bridgehead atoms. The van der Waals surface area contributed by atoms with Gasteiger partial charge in [0, 0.05) is 30.4 Å². The van der Waals surface area contributed by atoms with Gasteiger partial charge in [-0.05, 0) is 55.4 Å². The Labute approximate surface area is 232 Å². The number of anilines is 1. The van der Waals surface area contributed by atoms with Crippen molar-refractivity contribution < 1.29 is 8.78 Å². The van der Waals surface area contributed by atoms with E-state index in [1.54, 1.807) is 6.92 Å². The molecule has 0 amide bonds. The number of piperidine rings is 1. The van der Waals surface area contributed by atoms with Crippen LogP contribution in [0.15, 0.2) is 88.5 Å². The first-order valence-electron chi connectivity index (χ1n) is 13.7. The SMILES string of the molecule is Cc1c(N2CCC(Cc3ccccc3)CC2)c(=O)n(CC(N)c2ccccc2)c(=O)n1Cc1c(F)cccc1F. The smallest absolute Gasteiger partial charge is 0.331 e. The van der Waals surface area contributed by atoms with Crippen LogP contribution >= 0.6 is 0 Å². The largest absolute Gasteiger partial charge is 0.366 e. The number of aromatic nitrogens is 2. The highest BCUT2D eigenvalue weighted by molar-refractivity contribution is 5.49. The van der Waals surface area contributed by atoms with E-state index in [9.17, 15) is 18.4 Å². The number of nitrogens with two attached hydrogens (primary N) is 1. The third-order valence-corrected chi connectivity index (χ3v) is 7.94. The van der Waals surface area contributed by atoms with E-state index in [1.807, 2.05) is 53.4 Å². The molecule has 40 heavy (non-hydrogen) atoms. The molecule has 0 aliphatic carbocycles. The van der Waals surface area contributed by atoms with Gasteiger partial charge in [-0.2, -0.15) is 0 Å². The van der Waals surface area contributed by atoms with Gasteiger partial charge in [-0.25, -0.2) is 13.6 Å². The molecular formula is C32H34F2N4O2. The predicted molar refractivity (Wildman–Crippen MR) is 154 cm³/mol. The molecular weight excluding hydrogens is 510 g/mol. The predicted octanol–water partition coefficient (Wildman–Crippen LogP) is 4.80. The number of halogens is 2. The Morgan fingerprint density at radius 1 is 0.850 bits per heavy atom. The summed E-state index contributed by atoms with van der Waals surface area (Å²) >= 11 is 0. The summed E-state index contributed by atoms with van der Waals surface area (Å²) in [5.41, 5.74) is 7.98. The summed E-state index contributed by atoms with van der Waals surface area (Å²) in [5, 5.41) is 0. The molecule has 1 fully saturated rings. The van der Waals surface area contributed by atoms with Crippen LogP contribution in [0, 0.1) is 24.5 Å². The van der Waals surface area contributed by atoms with Crippen molar-refractivity contribution in [2.75, 3.05) is 18.0 Å². The van der Waals surface area contributed by atoms with Crippen LogP contribution in [0.5, 0.6) is 0 Å². The lowest BCUT2D eigenvalue weighted by Crippen LogP contribution is -2.48. The van der Waals surface area contributed by atoms with Crippen LogP contribution in [0.3, 0.4) is 0 Å². The highest BCUT2D eigenvalue weighted by Crippen LogP contribution is 2.26. The maximum atomic E-state index is 14.6. The standard InChI is InChI=1S/C32H34F2N4O2/c1-22-30(36-17-15-24(16-18-36)19-23-9-4-2-5-10-23)31(39)38(21-29(35)25-11-6-3-7-12-25)32(40)37(22)20-26-27(33)13-8-14-28(26)34/h2-14,24,29H,15-21,35H2,1H3. The van der Waals surface area contributed by atoms with Gasteiger partial charge < -0.3 is 10.6 Å². The van der Waals surface area contributed by atoms with E-state index in [4.69, 9.17) is 5.73 Å². The van der Waals surface area contributed by atoms with Crippen LogP contribution < -0.4 is 21.9 Å². The van der Waals surface area contributed by atoms with E-state index in [2.05, 4.69) is 12.1 Å². The maximum absolute atomic E-state index is 14.6. The van der Waals surface area contributed by atoms with Crippen LogP contribution in [0.1, 0.15) is 41.3 Å². The Kier molecular flexibility index (Phi) is 8.26. The molecule has 5 rings (SSSR count). The molecule has 1 aliphatic heterocycles. The Morgan fingerprint density at radius 2 is 1.45 bits per heavy atom. The summed E-state index contributed by atoms with van der Waals surface area (Å²) < 4.78 is 31.7. The summed E-state index contributed by atoms with van der Waals surface area (Å²) in [6, 6.07) is 22.6. The average Bonchev–Trinajstić information content (AvgIpc) is 2.96. The van der Waals surface area contributed by atoms with E-state index in [1.165, 1.54) is 28.3 Å². The average molecular weight is 545 g/mol. The molecule has 1 atom stereocenters. The topological polar surface area (TPSA) is 73.3 Å². The minimum Gasteiger partial charge on any atom is -0.366 e. The molecule has 0 spiro atoms. The molecule has 1 unspecified atom stereocenters. The summed E-state index contributed by atoms with van der Waals surface area (Å²) in [5.74, 6) is -1.01. The lowest BCUT2D eigenvalue weighted by Gasteiger charge is -2.35. The highest BCUT2D eigenvalue weighted by Gasteiger charge is 2.27. The van der Waals surface area contributed by atoms with Crippen LogP contribution in [0.25, 0.3) is 0 Å². The monoisotopic (exact) mass is 544 g/mol. The number of rotatable bonds is 8. The molecule has 2 N–H and O–H groups in total. The first kappa shape index (κ1) is 27.5. The quantitative estimate of drug-likeness (QED) is 0.346. The van der Waals surface area contributed by atoms with Gasteiger partial charge in [-0.3, -0.25) is 13.9 Å². The van der Waals surface area contributed by atoms with E-state index >= 15 is 0 Å². The molecule has 1 aliphatic rings. The molecule has 3 aromatic carbocycles. The Balaban J connectivity index is 1.51. The van der Waals surface area contributed by atoms with Crippen LogP contribution in [0.4, 0.5) is 14.5 Å². The summed E-state index contributed by atoms with van der Waals surface area (Å²) in [4.78, 5) is 29.6. The second-order valence-corrected chi connectivity index (χ2v) is 10.6. The molecule has 2 heterocycles. The second kappa shape index (κ2) is 12.0. The maximum Gasteiger partial charge on any atom is 0.331 e. The van der Waals surface area contributed by atoms with Crippen molar-refractivity contribution in [2.24, 2.45) is 11.7 Å². The molecule has 8 heteroatoms. The second-order valence-electron chi connectivity index (χ2n) is 10.6. The van der Waals surface area contributed by atoms with Gasteiger partial charge in [0.1, 0.15) is 17.3 Å². The van der Waals surface area contributed by atoms with Crippen molar-refractivity contribution in [3.05, 3.63) is 134 Å². The first-order chi connectivity index (χ1) is 19.3. The van der Waals surface area contributed by atoms with Crippen molar-refractivity contribution >= 4 is 5.69 Å². The van der Waals surface area contributed by atoms with Crippen LogP contribution in [-0.2, 0) is 19.5 Å². The Bertz CT molecular complexity index is 1560. The van der Waals surface area contributed by atoms with Gasteiger partial charge in [0.15, 0.2) is 0 Å². The molecule has 1 aromatic heterocycles. The van der Waals surface area contributed by atoms with Gasteiger partial charge in [-0.15, -0.1) is 0 Å². The third kappa shape index (κ3) is 5.77. The van der Waals surface area contributed by atoms with Crippen molar-refractivity contribution in [1.82, 2.24) is 9.13 Å². The van der Waals surface area contributed by atoms with Crippen molar-refractivity contribution in [2.45, 2.75) is 45.3 Å². The van der Waals surface area contributed by atoms with E-state index in [0.29, 0.717) is 30.4 Å². The van der Waals surface area contributed by atoms with Gasteiger partial charge in [-0.1, -0.05) is 66.7 Å². The number of nitrogens with zero attached hydrogens (tertiary/aromatic N) is 3. The van der Waals surface area contributed by atoms with Crippen LogP contribution in [-0.4, -0.2) is 22.2 Å². The van der Waals surface area contributed by atoms with Crippen molar-refractivity contribution in [3.8, 4) is 0 Å². The minimum atomic E-state index is -0.742. The zero-order valence-corrected chi connectivity index (χ0v) is 22.6. The molecule has 4 aromatic rings. The number of hydrogen-bond acceptors (Lipinski definition) is 4. The van der Waals surface area contributed by atoms with E-state index in [-0.39, 0.29) is 18.7 Å². The summed E-state index contributed by atoms with van der Waals surface area (Å²) in [6.07, 6.45) is 2.74. The van der Waals surface area contributed by atoms with Crippen molar-refractivity contribution in [1.29, 1.82) is 0 Å². The van der Waals surface area contributed by atoms with Crippen LogP contribution in [0.2, 0.25) is 0 Å². The molecule has 1 saturated heterocycles. The number of hydrogen-bond donors (Lipinski definition) is 1. The number of benzene rings is 3. The lowest BCUT2D eigenvalue weighted by atomic mass is 9.90. The molecule has 0 saturated carbocycles. The zero-order valence-electron chi connectivity index (χ0n) is 22.6.